The minimum atomic E-state index is -0.757. The van der Waals surface area contributed by atoms with Gasteiger partial charge in [0, 0.05) is 17.1 Å². The van der Waals surface area contributed by atoms with Crippen LogP contribution in [0.2, 0.25) is 5.02 Å². The van der Waals surface area contributed by atoms with Gasteiger partial charge in [-0.05, 0) is 11.6 Å². The number of benzene rings is 2. The van der Waals surface area contributed by atoms with Crippen LogP contribution < -0.4 is 0 Å². The van der Waals surface area contributed by atoms with E-state index in [4.69, 9.17) is 11.6 Å². The number of Topliss-reactive ketones (excluding diaryl/α,β-unsaturated/α-hetero) is 1. The predicted octanol–water partition coefficient (Wildman–Crippen LogP) is 3.95. The Kier molecular flexibility index (Phi) is 4.72. The highest BCUT2D eigenvalue weighted by Gasteiger charge is 2.46. The third kappa shape index (κ3) is 2.96. The van der Waals surface area contributed by atoms with E-state index in [1.807, 2.05) is 0 Å². The number of hydrogen-bond donors (Lipinski definition) is 1. The zero-order valence-corrected chi connectivity index (χ0v) is 14.1. The zero-order valence-electron chi connectivity index (χ0n) is 13.4. The Morgan fingerprint density at radius 3 is 2.40 bits per heavy atom. The molecule has 1 amide bonds. The fraction of sp³-hybridized carbons (Fsp3) is 0.100. The average Bonchev–Trinajstić information content (AvgIpc) is 2.87. The topological polar surface area (TPSA) is 57.6 Å². The number of carbonyl (C=O) groups excluding carboxylic acids is 2. The van der Waals surface area contributed by atoms with Gasteiger partial charge in [-0.25, -0.2) is 0 Å². The first kappa shape index (κ1) is 17.0. The molecule has 1 aliphatic rings. The lowest BCUT2D eigenvalue weighted by Crippen LogP contribution is -2.29. The van der Waals surface area contributed by atoms with Crippen molar-refractivity contribution >= 4 is 29.1 Å². The number of aliphatic hydroxyl groups excluding tert-OH is 1. The van der Waals surface area contributed by atoms with Gasteiger partial charge in [0.1, 0.15) is 5.76 Å². The van der Waals surface area contributed by atoms with E-state index in [-0.39, 0.29) is 17.9 Å². The van der Waals surface area contributed by atoms with E-state index >= 15 is 0 Å². The van der Waals surface area contributed by atoms with E-state index < -0.39 is 17.7 Å². The van der Waals surface area contributed by atoms with Crippen molar-refractivity contribution in [2.45, 2.75) is 6.04 Å². The normalized spacial score (nSPS) is 19.2. The summed E-state index contributed by atoms with van der Waals surface area (Å²) in [5.74, 6) is -1.62. The number of carbonyl (C=O) groups is 2. The Hall–Kier alpha value is -2.85. The molecule has 1 atom stereocenters. The minimum Gasteiger partial charge on any atom is -0.507 e. The van der Waals surface area contributed by atoms with Crippen molar-refractivity contribution in [3.63, 3.8) is 0 Å². The lowest BCUT2D eigenvalue weighted by atomic mass is 9.95. The van der Waals surface area contributed by atoms with Crippen LogP contribution in [0.1, 0.15) is 17.2 Å². The monoisotopic (exact) mass is 353 g/mol. The number of halogens is 1. The van der Waals surface area contributed by atoms with Gasteiger partial charge in [0.2, 0.25) is 0 Å². The van der Waals surface area contributed by atoms with Crippen LogP contribution in [-0.2, 0) is 9.59 Å². The number of likely N-dealkylation sites (tertiary alicyclic amines) is 1. The van der Waals surface area contributed by atoms with Gasteiger partial charge in [0.25, 0.3) is 11.7 Å². The second-order valence-electron chi connectivity index (χ2n) is 5.63. The molecule has 0 aliphatic carbocycles. The third-order valence-corrected chi connectivity index (χ3v) is 4.46. The highest BCUT2D eigenvalue weighted by molar-refractivity contribution is 6.47. The van der Waals surface area contributed by atoms with Crippen molar-refractivity contribution in [1.29, 1.82) is 0 Å². The smallest absolute Gasteiger partial charge is 0.295 e. The minimum absolute atomic E-state index is 0.0335. The van der Waals surface area contributed by atoms with Crippen LogP contribution in [-0.4, -0.2) is 28.2 Å². The van der Waals surface area contributed by atoms with E-state index in [1.54, 1.807) is 54.6 Å². The van der Waals surface area contributed by atoms with E-state index in [0.29, 0.717) is 16.1 Å². The summed E-state index contributed by atoms with van der Waals surface area (Å²) < 4.78 is 0. The van der Waals surface area contributed by atoms with E-state index in [0.717, 1.165) is 0 Å². The number of rotatable bonds is 4. The van der Waals surface area contributed by atoms with Gasteiger partial charge in [0.05, 0.1) is 11.6 Å². The van der Waals surface area contributed by atoms with Gasteiger partial charge >= 0.3 is 0 Å². The molecule has 1 N–H and O–H groups in total. The summed E-state index contributed by atoms with van der Waals surface area (Å²) in [7, 11) is 0. The van der Waals surface area contributed by atoms with Gasteiger partial charge in [-0.2, -0.15) is 0 Å². The summed E-state index contributed by atoms with van der Waals surface area (Å²) in [6.07, 6.45) is 1.54. The number of nitrogens with zero attached hydrogens (tertiary/aromatic N) is 1. The molecule has 0 unspecified atom stereocenters. The molecule has 1 heterocycles. The molecule has 25 heavy (non-hydrogen) atoms. The van der Waals surface area contributed by atoms with Crippen LogP contribution in [0.3, 0.4) is 0 Å². The molecule has 1 aliphatic heterocycles. The Morgan fingerprint density at radius 1 is 1.12 bits per heavy atom. The Labute approximate surface area is 150 Å². The molecule has 5 heteroatoms. The molecule has 0 saturated carbocycles. The van der Waals surface area contributed by atoms with Crippen LogP contribution in [0.25, 0.3) is 5.76 Å². The number of aliphatic hydroxyl groups is 1. The van der Waals surface area contributed by atoms with Gasteiger partial charge in [-0.3, -0.25) is 9.59 Å². The number of ketones is 1. The summed E-state index contributed by atoms with van der Waals surface area (Å²) in [5, 5.41) is 11.1. The molecule has 0 bridgehead atoms. The molecular formula is C20H16ClNO3. The molecule has 3 rings (SSSR count). The highest BCUT2D eigenvalue weighted by atomic mass is 35.5. The molecule has 0 spiro atoms. The Balaban J connectivity index is 2.24. The van der Waals surface area contributed by atoms with Crippen LogP contribution in [0.4, 0.5) is 0 Å². The van der Waals surface area contributed by atoms with Gasteiger partial charge in [-0.1, -0.05) is 66.2 Å². The second-order valence-corrected chi connectivity index (χ2v) is 6.03. The Bertz CT molecular complexity index is 874. The predicted molar refractivity (Wildman–Crippen MR) is 97.1 cm³/mol. The standard InChI is InChI=1S/C20H16ClNO3/c1-2-12-22-17(14-10-6-7-11-15(14)21)16(19(24)20(22)25)18(23)13-8-4-3-5-9-13/h2-11,17,23H,1,12H2/t17-/m0/s1. The summed E-state index contributed by atoms with van der Waals surface area (Å²) in [6.45, 7) is 3.82. The molecule has 1 saturated heterocycles. The molecule has 4 nitrogen and oxygen atoms in total. The van der Waals surface area contributed by atoms with Crippen molar-refractivity contribution in [2.75, 3.05) is 6.54 Å². The van der Waals surface area contributed by atoms with Crippen LogP contribution in [0, 0.1) is 0 Å². The SMILES string of the molecule is C=CCN1C(=O)C(=O)C(=C(O)c2ccccc2)[C@@H]1c1ccccc1Cl. The fourth-order valence-electron chi connectivity index (χ4n) is 2.98. The molecule has 0 radical (unpaired) electrons. The quantitative estimate of drug-likeness (QED) is 0.392. The largest absolute Gasteiger partial charge is 0.507 e. The Morgan fingerprint density at radius 2 is 1.76 bits per heavy atom. The molecule has 2 aromatic carbocycles. The first-order valence-electron chi connectivity index (χ1n) is 7.75. The molecule has 1 fully saturated rings. The maximum atomic E-state index is 12.6. The van der Waals surface area contributed by atoms with Crippen molar-refractivity contribution in [2.24, 2.45) is 0 Å². The lowest BCUT2D eigenvalue weighted by Gasteiger charge is -2.24. The summed E-state index contributed by atoms with van der Waals surface area (Å²) in [5.41, 5.74) is 1.09. The molecule has 126 valence electrons. The van der Waals surface area contributed by atoms with Crippen molar-refractivity contribution in [3.8, 4) is 0 Å². The number of amides is 1. The van der Waals surface area contributed by atoms with E-state index in [2.05, 4.69) is 6.58 Å². The summed E-state index contributed by atoms with van der Waals surface area (Å²) in [6, 6.07) is 14.9. The highest BCUT2D eigenvalue weighted by Crippen LogP contribution is 2.41. The van der Waals surface area contributed by atoms with Crippen LogP contribution in [0.15, 0.2) is 72.8 Å². The second kappa shape index (κ2) is 6.95. The van der Waals surface area contributed by atoms with Gasteiger partial charge in [0.15, 0.2) is 0 Å². The first-order chi connectivity index (χ1) is 12.1. The van der Waals surface area contributed by atoms with Crippen LogP contribution in [0.5, 0.6) is 0 Å². The average molecular weight is 354 g/mol. The lowest BCUT2D eigenvalue weighted by molar-refractivity contribution is -0.139. The summed E-state index contributed by atoms with van der Waals surface area (Å²) in [4.78, 5) is 26.5. The molecule has 0 aromatic heterocycles. The fourth-order valence-corrected chi connectivity index (χ4v) is 3.22. The third-order valence-electron chi connectivity index (χ3n) is 4.11. The van der Waals surface area contributed by atoms with Crippen LogP contribution >= 0.6 is 11.6 Å². The van der Waals surface area contributed by atoms with E-state index in [9.17, 15) is 14.7 Å². The summed E-state index contributed by atoms with van der Waals surface area (Å²) >= 11 is 6.30. The van der Waals surface area contributed by atoms with Crippen molar-refractivity contribution in [1.82, 2.24) is 4.90 Å². The molecular weight excluding hydrogens is 338 g/mol. The van der Waals surface area contributed by atoms with E-state index in [1.165, 1.54) is 11.0 Å². The first-order valence-corrected chi connectivity index (χ1v) is 8.13. The van der Waals surface area contributed by atoms with Crippen molar-refractivity contribution < 1.29 is 14.7 Å². The van der Waals surface area contributed by atoms with Gasteiger partial charge in [-0.15, -0.1) is 6.58 Å². The maximum absolute atomic E-state index is 12.6. The van der Waals surface area contributed by atoms with Crippen molar-refractivity contribution in [3.05, 3.63) is 89.0 Å². The molecule has 2 aromatic rings. The van der Waals surface area contributed by atoms with Gasteiger partial charge < -0.3 is 10.0 Å². The maximum Gasteiger partial charge on any atom is 0.295 e. The number of hydrogen-bond acceptors (Lipinski definition) is 3. The zero-order chi connectivity index (χ0) is 18.0.